The predicted octanol–water partition coefficient (Wildman–Crippen LogP) is 2.30. The zero-order valence-corrected chi connectivity index (χ0v) is 12.0. The van der Waals surface area contributed by atoms with Crippen LogP contribution in [0.3, 0.4) is 0 Å². The molecule has 1 aromatic rings. The number of hydrogen-bond acceptors (Lipinski definition) is 3. The molecular formula is C15H21NO4. The highest BCUT2D eigenvalue weighted by Gasteiger charge is 2.10. The lowest BCUT2D eigenvalue weighted by molar-refractivity contribution is -0.137. The van der Waals surface area contributed by atoms with Gasteiger partial charge >= 0.3 is 5.97 Å². The van der Waals surface area contributed by atoms with Gasteiger partial charge in [-0.1, -0.05) is 12.1 Å². The fraction of sp³-hybridized carbons (Fsp3) is 0.467. The van der Waals surface area contributed by atoms with Crippen molar-refractivity contribution in [2.75, 3.05) is 13.7 Å². The van der Waals surface area contributed by atoms with Gasteiger partial charge < -0.3 is 14.7 Å². The molecule has 0 aromatic heterocycles. The van der Waals surface area contributed by atoms with Crippen LogP contribution in [0.5, 0.6) is 5.75 Å². The summed E-state index contributed by atoms with van der Waals surface area (Å²) < 4.78 is 5.35. The van der Waals surface area contributed by atoms with Gasteiger partial charge in [0, 0.05) is 26.4 Å². The molecule has 0 atom stereocenters. The zero-order chi connectivity index (χ0) is 15.0. The summed E-state index contributed by atoms with van der Waals surface area (Å²) in [5.41, 5.74) is 1.02. The summed E-state index contributed by atoms with van der Waals surface area (Å²) in [6.45, 7) is 3.07. The standard InChI is InChI=1S/C15H21NO4/c1-3-20-13-9-7-12(8-10-13)11-16(2)14(17)5-4-6-15(18)19/h7-10H,3-6,11H2,1-2H3,(H,18,19). The molecule has 0 saturated carbocycles. The fourth-order valence-corrected chi connectivity index (χ4v) is 1.80. The normalized spacial score (nSPS) is 10.1. The number of rotatable bonds is 8. The molecule has 5 heteroatoms. The van der Waals surface area contributed by atoms with Gasteiger partial charge in [-0.25, -0.2) is 0 Å². The topological polar surface area (TPSA) is 66.8 Å². The summed E-state index contributed by atoms with van der Waals surface area (Å²) >= 11 is 0. The average Bonchev–Trinajstić information content (AvgIpc) is 2.40. The number of nitrogens with zero attached hydrogens (tertiary/aromatic N) is 1. The summed E-state index contributed by atoms with van der Waals surface area (Å²) in [7, 11) is 1.72. The summed E-state index contributed by atoms with van der Waals surface area (Å²) in [5, 5.41) is 8.53. The molecule has 1 amide bonds. The van der Waals surface area contributed by atoms with Crippen LogP contribution in [0.25, 0.3) is 0 Å². The van der Waals surface area contributed by atoms with E-state index >= 15 is 0 Å². The molecule has 0 aliphatic heterocycles. The Morgan fingerprint density at radius 1 is 1.20 bits per heavy atom. The van der Waals surface area contributed by atoms with Crippen LogP contribution in [0.15, 0.2) is 24.3 Å². The third-order valence-electron chi connectivity index (χ3n) is 2.86. The summed E-state index contributed by atoms with van der Waals surface area (Å²) in [4.78, 5) is 23.8. The summed E-state index contributed by atoms with van der Waals surface area (Å²) in [6.07, 6.45) is 0.671. The summed E-state index contributed by atoms with van der Waals surface area (Å²) in [6, 6.07) is 7.60. The molecule has 0 fully saturated rings. The minimum atomic E-state index is -0.869. The Labute approximate surface area is 119 Å². The number of benzene rings is 1. The molecule has 20 heavy (non-hydrogen) atoms. The Morgan fingerprint density at radius 2 is 1.85 bits per heavy atom. The molecule has 0 unspecified atom stereocenters. The Balaban J connectivity index is 2.42. The smallest absolute Gasteiger partial charge is 0.303 e. The van der Waals surface area contributed by atoms with E-state index in [0.29, 0.717) is 19.6 Å². The number of amides is 1. The number of carbonyl (C=O) groups excluding carboxylic acids is 1. The fourth-order valence-electron chi connectivity index (χ4n) is 1.80. The van der Waals surface area contributed by atoms with E-state index < -0.39 is 5.97 Å². The third kappa shape index (κ3) is 5.73. The van der Waals surface area contributed by atoms with Crippen molar-refractivity contribution < 1.29 is 19.4 Å². The van der Waals surface area contributed by atoms with Crippen molar-refractivity contribution in [3.63, 3.8) is 0 Å². The van der Waals surface area contributed by atoms with Gasteiger partial charge in [-0.3, -0.25) is 9.59 Å². The highest BCUT2D eigenvalue weighted by atomic mass is 16.5. The van der Waals surface area contributed by atoms with E-state index in [1.54, 1.807) is 11.9 Å². The van der Waals surface area contributed by atoms with Gasteiger partial charge in [-0.15, -0.1) is 0 Å². The van der Waals surface area contributed by atoms with Gasteiger partial charge in [0.1, 0.15) is 5.75 Å². The van der Waals surface area contributed by atoms with Gasteiger partial charge in [0.15, 0.2) is 0 Å². The van der Waals surface area contributed by atoms with Crippen LogP contribution in [0.1, 0.15) is 31.7 Å². The van der Waals surface area contributed by atoms with E-state index in [0.717, 1.165) is 11.3 Å². The van der Waals surface area contributed by atoms with E-state index in [-0.39, 0.29) is 18.7 Å². The number of carbonyl (C=O) groups is 2. The second-order valence-corrected chi connectivity index (χ2v) is 4.57. The zero-order valence-electron chi connectivity index (χ0n) is 12.0. The highest BCUT2D eigenvalue weighted by molar-refractivity contribution is 5.76. The monoisotopic (exact) mass is 279 g/mol. The maximum absolute atomic E-state index is 11.8. The molecule has 1 aromatic carbocycles. The van der Waals surface area contributed by atoms with Crippen molar-refractivity contribution in [1.82, 2.24) is 4.90 Å². The van der Waals surface area contributed by atoms with Crippen LogP contribution in [0.4, 0.5) is 0 Å². The van der Waals surface area contributed by atoms with Crippen molar-refractivity contribution in [3.05, 3.63) is 29.8 Å². The van der Waals surface area contributed by atoms with Crippen LogP contribution < -0.4 is 4.74 Å². The Morgan fingerprint density at radius 3 is 2.40 bits per heavy atom. The van der Waals surface area contributed by atoms with Gasteiger partial charge in [-0.2, -0.15) is 0 Å². The van der Waals surface area contributed by atoms with E-state index in [2.05, 4.69) is 0 Å². The van der Waals surface area contributed by atoms with Crippen molar-refractivity contribution in [1.29, 1.82) is 0 Å². The van der Waals surface area contributed by atoms with Gasteiger partial charge in [0.05, 0.1) is 6.61 Å². The third-order valence-corrected chi connectivity index (χ3v) is 2.86. The number of aliphatic carboxylic acids is 1. The van der Waals surface area contributed by atoms with Crippen LogP contribution in [-0.2, 0) is 16.1 Å². The first-order chi connectivity index (χ1) is 9.52. The number of carboxylic acid groups (broad SMARTS) is 1. The first-order valence-electron chi connectivity index (χ1n) is 6.70. The maximum Gasteiger partial charge on any atom is 0.303 e. The van der Waals surface area contributed by atoms with Crippen molar-refractivity contribution in [2.24, 2.45) is 0 Å². The lowest BCUT2D eigenvalue weighted by atomic mass is 10.2. The minimum absolute atomic E-state index is 0.0304. The van der Waals surface area contributed by atoms with Gasteiger partial charge in [0.2, 0.25) is 5.91 Å². The van der Waals surface area contributed by atoms with E-state index in [4.69, 9.17) is 9.84 Å². The minimum Gasteiger partial charge on any atom is -0.494 e. The van der Waals surface area contributed by atoms with E-state index in [9.17, 15) is 9.59 Å². The van der Waals surface area contributed by atoms with Crippen molar-refractivity contribution in [2.45, 2.75) is 32.7 Å². The second kappa shape index (κ2) is 8.19. The maximum atomic E-state index is 11.8. The molecule has 110 valence electrons. The molecule has 0 saturated heterocycles. The first-order valence-corrected chi connectivity index (χ1v) is 6.70. The van der Waals surface area contributed by atoms with Crippen molar-refractivity contribution >= 4 is 11.9 Å². The van der Waals surface area contributed by atoms with E-state index in [1.807, 2.05) is 31.2 Å². The van der Waals surface area contributed by atoms with Crippen LogP contribution >= 0.6 is 0 Å². The molecular weight excluding hydrogens is 258 g/mol. The highest BCUT2D eigenvalue weighted by Crippen LogP contribution is 2.13. The Bertz CT molecular complexity index is 442. The Hall–Kier alpha value is -2.04. The average molecular weight is 279 g/mol. The van der Waals surface area contributed by atoms with Crippen LogP contribution in [0, 0.1) is 0 Å². The molecule has 0 aliphatic rings. The van der Waals surface area contributed by atoms with Gasteiger partial charge in [-0.05, 0) is 31.0 Å². The molecule has 5 nitrogen and oxygen atoms in total. The quantitative estimate of drug-likeness (QED) is 0.793. The number of hydrogen-bond donors (Lipinski definition) is 1. The summed E-state index contributed by atoms with van der Waals surface area (Å²) in [5.74, 6) is -0.0983. The number of ether oxygens (including phenoxy) is 1. The molecule has 0 spiro atoms. The Kier molecular flexibility index (Phi) is 6.56. The molecule has 0 bridgehead atoms. The van der Waals surface area contributed by atoms with Crippen LogP contribution in [0.2, 0.25) is 0 Å². The largest absolute Gasteiger partial charge is 0.494 e. The lowest BCUT2D eigenvalue weighted by Gasteiger charge is -2.17. The first kappa shape index (κ1) is 16.0. The molecule has 0 radical (unpaired) electrons. The lowest BCUT2D eigenvalue weighted by Crippen LogP contribution is -2.26. The molecule has 0 heterocycles. The molecule has 1 N–H and O–H groups in total. The van der Waals surface area contributed by atoms with E-state index in [1.165, 1.54) is 0 Å². The van der Waals surface area contributed by atoms with Crippen LogP contribution in [-0.4, -0.2) is 35.5 Å². The SMILES string of the molecule is CCOc1ccc(CN(C)C(=O)CCCC(=O)O)cc1. The second-order valence-electron chi connectivity index (χ2n) is 4.57. The molecule has 1 rings (SSSR count). The number of carboxylic acids is 1. The molecule has 0 aliphatic carbocycles. The van der Waals surface area contributed by atoms with Crippen molar-refractivity contribution in [3.8, 4) is 5.75 Å². The predicted molar refractivity (Wildman–Crippen MR) is 75.6 cm³/mol. The van der Waals surface area contributed by atoms with Gasteiger partial charge in [0.25, 0.3) is 0 Å².